The van der Waals surface area contributed by atoms with E-state index in [4.69, 9.17) is 0 Å². The molecule has 19 heavy (non-hydrogen) atoms. The van der Waals surface area contributed by atoms with Gasteiger partial charge in [0.2, 0.25) is 0 Å². The quantitative estimate of drug-likeness (QED) is 0.469. The molecule has 0 aliphatic carbocycles. The number of hydrogen-bond acceptors (Lipinski definition) is 4. The van der Waals surface area contributed by atoms with Gasteiger partial charge in [-0.2, -0.15) is 5.10 Å². The Hall–Kier alpha value is -1.16. The summed E-state index contributed by atoms with van der Waals surface area (Å²) in [5, 5.41) is 12.5. The summed E-state index contributed by atoms with van der Waals surface area (Å²) < 4.78 is 1.74. The first-order chi connectivity index (χ1) is 8.79. The van der Waals surface area contributed by atoms with E-state index in [1.807, 2.05) is 13.1 Å². The first-order valence-corrected chi connectivity index (χ1v) is 6.47. The molecule has 0 bridgehead atoms. The molecule has 2 rings (SSSR count). The summed E-state index contributed by atoms with van der Waals surface area (Å²) in [5.74, 6) is 1.63. The van der Waals surface area contributed by atoms with Crippen molar-refractivity contribution in [1.29, 1.82) is 0 Å². The maximum Gasteiger partial charge on any atom is 0.191 e. The van der Waals surface area contributed by atoms with Gasteiger partial charge < -0.3 is 10.6 Å². The van der Waals surface area contributed by atoms with Crippen LogP contribution in [0.1, 0.15) is 10.7 Å². The van der Waals surface area contributed by atoms with E-state index in [1.165, 1.54) is 4.88 Å². The number of halogens is 1. The third-order valence-corrected chi connectivity index (χ3v) is 3.33. The molecule has 0 unspecified atom stereocenters. The average molecular weight is 392 g/mol. The van der Waals surface area contributed by atoms with E-state index in [1.54, 1.807) is 29.4 Å². The number of aliphatic imine (C=N–C) groups is 1. The lowest BCUT2D eigenvalue weighted by Gasteiger charge is -2.10. The lowest BCUT2D eigenvalue weighted by molar-refractivity contribution is 0.673. The molecule has 0 saturated heterocycles. The topological polar surface area (TPSA) is 67.1 Å². The Balaban J connectivity index is 0.00000180. The summed E-state index contributed by atoms with van der Waals surface area (Å²) in [6.45, 7) is 1.37. The Morgan fingerprint density at radius 1 is 1.42 bits per heavy atom. The van der Waals surface area contributed by atoms with E-state index < -0.39 is 0 Å². The molecule has 2 heterocycles. The van der Waals surface area contributed by atoms with Crippen LogP contribution in [0.25, 0.3) is 0 Å². The second-order valence-corrected chi connectivity index (χ2v) is 4.69. The number of nitrogens with zero attached hydrogens (tertiary/aromatic N) is 4. The summed E-state index contributed by atoms with van der Waals surface area (Å²) in [6, 6.07) is 4.13. The van der Waals surface area contributed by atoms with E-state index in [-0.39, 0.29) is 24.0 Å². The van der Waals surface area contributed by atoms with Crippen molar-refractivity contribution in [3.63, 3.8) is 0 Å². The van der Waals surface area contributed by atoms with E-state index in [0.29, 0.717) is 6.54 Å². The predicted octanol–water partition coefficient (Wildman–Crippen LogP) is 1.36. The Morgan fingerprint density at radius 2 is 2.21 bits per heavy atom. The molecule has 0 aliphatic rings. The molecule has 0 radical (unpaired) electrons. The molecule has 0 aromatic carbocycles. The lowest BCUT2D eigenvalue weighted by atomic mass is 10.4. The molecule has 0 amide bonds. The molecule has 0 atom stereocenters. The van der Waals surface area contributed by atoms with E-state index in [0.717, 1.165) is 18.3 Å². The summed E-state index contributed by atoms with van der Waals surface area (Å²) in [4.78, 5) is 9.57. The fourth-order valence-corrected chi connectivity index (χ4v) is 2.09. The van der Waals surface area contributed by atoms with Gasteiger partial charge in [0, 0.05) is 19.0 Å². The number of aromatic nitrogens is 3. The average Bonchev–Trinajstić information content (AvgIpc) is 3.01. The standard InChI is InChI=1S/C11H16N6S.HI/c1-12-11(13-6-9-4-3-5-18-9)14-7-10-15-8-16-17(10)2;/h3-5,8H,6-7H2,1-2H3,(H2,12,13,14);1H. The van der Waals surface area contributed by atoms with Crippen LogP contribution in [0.15, 0.2) is 28.8 Å². The molecule has 0 aliphatic heterocycles. The monoisotopic (exact) mass is 392 g/mol. The molecule has 104 valence electrons. The Labute approximate surface area is 133 Å². The smallest absolute Gasteiger partial charge is 0.191 e. The van der Waals surface area contributed by atoms with Crippen molar-refractivity contribution in [2.45, 2.75) is 13.1 Å². The van der Waals surface area contributed by atoms with Gasteiger partial charge in [0.25, 0.3) is 0 Å². The number of guanidine groups is 1. The highest BCUT2D eigenvalue weighted by Gasteiger charge is 2.02. The highest BCUT2D eigenvalue weighted by Crippen LogP contribution is 2.07. The zero-order valence-corrected chi connectivity index (χ0v) is 14.0. The third kappa shape index (κ3) is 4.78. The Kier molecular flexibility index (Phi) is 6.78. The minimum atomic E-state index is 0. The Morgan fingerprint density at radius 3 is 2.79 bits per heavy atom. The van der Waals surface area contributed by atoms with Crippen molar-refractivity contribution in [1.82, 2.24) is 25.4 Å². The SMILES string of the molecule is CN=C(NCc1cccs1)NCc1ncnn1C.I. The molecule has 8 heteroatoms. The van der Waals surface area contributed by atoms with E-state index >= 15 is 0 Å². The summed E-state index contributed by atoms with van der Waals surface area (Å²) >= 11 is 1.72. The van der Waals surface area contributed by atoms with Crippen molar-refractivity contribution in [2.75, 3.05) is 7.05 Å². The van der Waals surface area contributed by atoms with Crippen LogP contribution in [0.2, 0.25) is 0 Å². The van der Waals surface area contributed by atoms with Crippen molar-refractivity contribution in [3.05, 3.63) is 34.5 Å². The molecule has 2 aromatic rings. The van der Waals surface area contributed by atoms with Crippen LogP contribution >= 0.6 is 35.3 Å². The predicted molar refractivity (Wildman–Crippen MR) is 87.8 cm³/mol. The van der Waals surface area contributed by atoms with Gasteiger partial charge >= 0.3 is 0 Å². The zero-order valence-electron chi connectivity index (χ0n) is 10.8. The molecule has 0 spiro atoms. The largest absolute Gasteiger partial charge is 0.352 e. The van der Waals surface area contributed by atoms with Gasteiger partial charge in [0.15, 0.2) is 5.96 Å². The van der Waals surface area contributed by atoms with Gasteiger partial charge in [-0.15, -0.1) is 35.3 Å². The normalized spacial score (nSPS) is 10.9. The van der Waals surface area contributed by atoms with Crippen LogP contribution < -0.4 is 10.6 Å². The second-order valence-electron chi connectivity index (χ2n) is 3.66. The third-order valence-electron chi connectivity index (χ3n) is 2.45. The second kappa shape index (κ2) is 8.10. The minimum absolute atomic E-state index is 0. The first kappa shape index (κ1) is 15.9. The highest BCUT2D eigenvalue weighted by molar-refractivity contribution is 14.0. The van der Waals surface area contributed by atoms with Gasteiger partial charge in [-0.3, -0.25) is 9.67 Å². The first-order valence-electron chi connectivity index (χ1n) is 5.59. The van der Waals surface area contributed by atoms with Crippen LogP contribution in [0.5, 0.6) is 0 Å². The fraction of sp³-hybridized carbons (Fsp3) is 0.364. The molecule has 2 aromatic heterocycles. The van der Waals surface area contributed by atoms with Gasteiger partial charge in [0.1, 0.15) is 12.2 Å². The van der Waals surface area contributed by atoms with Crippen molar-refractivity contribution < 1.29 is 0 Å². The summed E-state index contributed by atoms with van der Waals surface area (Å²) in [6.07, 6.45) is 1.54. The van der Waals surface area contributed by atoms with Crippen molar-refractivity contribution >= 4 is 41.3 Å². The number of nitrogens with one attached hydrogen (secondary N) is 2. The minimum Gasteiger partial charge on any atom is -0.352 e. The van der Waals surface area contributed by atoms with Crippen LogP contribution in [-0.2, 0) is 20.1 Å². The summed E-state index contributed by atoms with van der Waals surface area (Å²) in [5.41, 5.74) is 0. The van der Waals surface area contributed by atoms with E-state index in [2.05, 4.69) is 37.2 Å². The van der Waals surface area contributed by atoms with Crippen LogP contribution in [0.4, 0.5) is 0 Å². The van der Waals surface area contributed by atoms with Gasteiger partial charge in [-0.05, 0) is 11.4 Å². The van der Waals surface area contributed by atoms with Crippen molar-refractivity contribution in [2.24, 2.45) is 12.0 Å². The number of hydrogen-bond donors (Lipinski definition) is 2. The maximum atomic E-state index is 4.16. The summed E-state index contributed by atoms with van der Waals surface area (Å²) in [7, 11) is 3.62. The Bertz CT molecular complexity index is 507. The van der Waals surface area contributed by atoms with Crippen LogP contribution in [0.3, 0.4) is 0 Å². The molecular formula is C11H17IN6S. The molecular weight excluding hydrogens is 375 g/mol. The highest BCUT2D eigenvalue weighted by atomic mass is 127. The molecule has 2 N–H and O–H groups in total. The van der Waals surface area contributed by atoms with Crippen LogP contribution in [-0.4, -0.2) is 27.8 Å². The van der Waals surface area contributed by atoms with Crippen LogP contribution in [0, 0.1) is 0 Å². The number of aryl methyl sites for hydroxylation is 1. The van der Waals surface area contributed by atoms with Crippen molar-refractivity contribution in [3.8, 4) is 0 Å². The number of thiophene rings is 1. The lowest BCUT2D eigenvalue weighted by Crippen LogP contribution is -2.36. The molecule has 6 nitrogen and oxygen atoms in total. The molecule has 0 fully saturated rings. The van der Waals surface area contributed by atoms with Gasteiger partial charge in [-0.25, -0.2) is 4.98 Å². The van der Waals surface area contributed by atoms with E-state index in [9.17, 15) is 0 Å². The molecule has 0 saturated carbocycles. The van der Waals surface area contributed by atoms with Gasteiger partial charge in [-0.1, -0.05) is 6.07 Å². The fourth-order valence-electron chi connectivity index (χ4n) is 1.45. The zero-order chi connectivity index (χ0) is 12.8. The number of rotatable bonds is 4. The van der Waals surface area contributed by atoms with Gasteiger partial charge in [0.05, 0.1) is 13.1 Å². The maximum absolute atomic E-state index is 4.16.